The third-order valence-corrected chi connectivity index (χ3v) is 5.54. The Morgan fingerprint density at radius 1 is 0.967 bits per heavy atom. The summed E-state index contributed by atoms with van der Waals surface area (Å²) in [5.74, 6) is 0.571. The Morgan fingerprint density at radius 3 is 2.53 bits per heavy atom. The van der Waals surface area contributed by atoms with Crippen molar-refractivity contribution in [3.05, 3.63) is 105 Å². The van der Waals surface area contributed by atoms with Crippen LogP contribution in [0.3, 0.4) is 0 Å². The van der Waals surface area contributed by atoms with E-state index >= 15 is 0 Å². The number of H-pyrrole nitrogens is 1. The van der Waals surface area contributed by atoms with E-state index in [1.807, 2.05) is 60.7 Å². The van der Waals surface area contributed by atoms with Gasteiger partial charge in [-0.1, -0.05) is 48.5 Å². The Morgan fingerprint density at radius 2 is 1.73 bits per heavy atom. The van der Waals surface area contributed by atoms with E-state index in [0.29, 0.717) is 30.0 Å². The monoisotopic (exact) mass is 464 g/mol. The number of aromatic amines is 1. The van der Waals surface area contributed by atoms with E-state index in [1.165, 1.54) is 6.07 Å². The first-order valence-corrected chi connectivity index (χ1v) is 10.4. The third-order valence-electron chi connectivity index (χ3n) is 4.85. The van der Waals surface area contributed by atoms with Crippen LogP contribution in [0.4, 0.5) is 5.69 Å². The normalized spacial score (nSPS) is 11.9. The molecule has 5 nitrogen and oxygen atoms in total. The molecule has 0 aliphatic carbocycles. The number of aliphatic hydroxyl groups is 1. The molecule has 1 aromatic heterocycles. The Hall–Kier alpha value is -3.09. The summed E-state index contributed by atoms with van der Waals surface area (Å²) in [7, 11) is 0. The maximum absolute atomic E-state index is 11.9. The second kappa shape index (κ2) is 9.15. The molecular weight excluding hydrogens is 444 g/mol. The second-order valence-corrected chi connectivity index (χ2v) is 7.77. The van der Waals surface area contributed by atoms with Crippen molar-refractivity contribution >= 4 is 32.5 Å². The zero-order valence-corrected chi connectivity index (χ0v) is 17.7. The maximum Gasteiger partial charge on any atom is 0.248 e. The average Bonchev–Trinajstić information content (AvgIpc) is 2.77. The highest BCUT2D eigenvalue weighted by atomic mass is 79.9. The van der Waals surface area contributed by atoms with Crippen molar-refractivity contribution < 1.29 is 9.84 Å². The molecule has 0 aliphatic heterocycles. The number of benzene rings is 3. The van der Waals surface area contributed by atoms with Crippen LogP contribution in [0.5, 0.6) is 5.75 Å². The number of anilines is 1. The summed E-state index contributed by atoms with van der Waals surface area (Å²) in [6, 6.07) is 24.4. The standard InChI is InChI=1S/C24H21BrN2O3/c25-19-8-4-5-9-20(19)26-14-21(28)17-10-12-22(24-18(17)11-13-23(29)27-24)30-15-16-6-2-1-3-7-16/h1-13,21,26,28H,14-15H2,(H,27,29). The number of hydrogen-bond donors (Lipinski definition) is 3. The maximum atomic E-state index is 11.9. The predicted octanol–water partition coefficient (Wildman–Crippen LogP) is 5.02. The summed E-state index contributed by atoms with van der Waals surface area (Å²) < 4.78 is 6.89. The quantitative estimate of drug-likeness (QED) is 0.359. The van der Waals surface area contributed by atoms with Crippen LogP contribution in [0.25, 0.3) is 10.9 Å². The molecule has 4 rings (SSSR count). The minimum atomic E-state index is -0.770. The zero-order valence-electron chi connectivity index (χ0n) is 16.1. The van der Waals surface area contributed by atoms with E-state index < -0.39 is 6.10 Å². The number of nitrogens with one attached hydrogen (secondary N) is 2. The van der Waals surface area contributed by atoms with Crippen molar-refractivity contribution in [3.63, 3.8) is 0 Å². The van der Waals surface area contributed by atoms with Gasteiger partial charge in [-0.25, -0.2) is 0 Å². The fraction of sp³-hybridized carbons (Fsp3) is 0.125. The number of rotatable bonds is 7. The molecule has 1 heterocycles. The molecule has 0 saturated carbocycles. The summed E-state index contributed by atoms with van der Waals surface area (Å²) in [5, 5.41) is 14.8. The van der Waals surface area contributed by atoms with Crippen molar-refractivity contribution in [1.29, 1.82) is 0 Å². The summed E-state index contributed by atoms with van der Waals surface area (Å²) in [4.78, 5) is 14.8. The molecule has 0 saturated heterocycles. The minimum Gasteiger partial charge on any atom is -0.487 e. The fourth-order valence-electron chi connectivity index (χ4n) is 3.32. The molecule has 30 heavy (non-hydrogen) atoms. The number of ether oxygens (including phenoxy) is 1. The Bertz CT molecular complexity index is 1210. The van der Waals surface area contributed by atoms with Crippen LogP contribution in [0.1, 0.15) is 17.2 Å². The van der Waals surface area contributed by atoms with E-state index in [0.717, 1.165) is 21.1 Å². The molecule has 3 aromatic carbocycles. The van der Waals surface area contributed by atoms with Gasteiger partial charge < -0.3 is 20.1 Å². The largest absolute Gasteiger partial charge is 0.487 e. The predicted molar refractivity (Wildman–Crippen MR) is 123 cm³/mol. The highest BCUT2D eigenvalue weighted by Crippen LogP contribution is 2.31. The van der Waals surface area contributed by atoms with E-state index in [2.05, 4.69) is 26.2 Å². The summed E-state index contributed by atoms with van der Waals surface area (Å²) in [6.07, 6.45) is -0.770. The zero-order chi connectivity index (χ0) is 20.9. The molecule has 0 amide bonds. The molecule has 152 valence electrons. The molecule has 1 atom stereocenters. The number of aliphatic hydroxyl groups excluding tert-OH is 1. The van der Waals surface area contributed by atoms with E-state index in [1.54, 1.807) is 12.1 Å². The lowest BCUT2D eigenvalue weighted by Crippen LogP contribution is -2.14. The van der Waals surface area contributed by atoms with Crippen LogP contribution >= 0.6 is 15.9 Å². The van der Waals surface area contributed by atoms with Crippen LogP contribution < -0.4 is 15.6 Å². The van der Waals surface area contributed by atoms with Gasteiger partial charge in [-0.3, -0.25) is 4.79 Å². The summed E-state index contributed by atoms with van der Waals surface area (Å²) >= 11 is 3.50. The molecule has 0 spiro atoms. The van der Waals surface area contributed by atoms with Crippen molar-refractivity contribution in [2.45, 2.75) is 12.7 Å². The summed E-state index contributed by atoms with van der Waals surface area (Å²) in [6.45, 7) is 0.708. The number of hydrogen-bond acceptors (Lipinski definition) is 4. The Kier molecular flexibility index (Phi) is 6.16. The first-order valence-electron chi connectivity index (χ1n) is 9.61. The van der Waals surface area contributed by atoms with Gasteiger partial charge in [-0.15, -0.1) is 0 Å². The average molecular weight is 465 g/mol. The molecule has 1 unspecified atom stereocenters. The lowest BCUT2D eigenvalue weighted by atomic mass is 10.0. The lowest BCUT2D eigenvalue weighted by molar-refractivity contribution is 0.193. The number of para-hydroxylation sites is 1. The Labute approximate surface area is 182 Å². The molecule has 0 fully saturated rings. The first-order chi connectivity index (χ1) is 14.6. The topological polar surface area (TPSA) is 74.3 Å². The van der Waals surface area contributed by atoms with Crippen LogP contribution in [0.15, 0.2) is 88.1 Å². The molecule has 6 heteroatoms. The van der Waals surface area contributed by atoms with E-state index in [4.69, 9.17) is 4.74 Å². The first kappa shape index (κ1) is 20.2. The van der Waals surface area contributed by atoms with Crippen LogP contribution in [0, 0.1) is 0 Å². The van der Waals surface area contributed by atoms with Gasteiger partial charge in [0.1, 0.15) is 12.4 Å². The van der Waals surface area contributed by atoms with Crippen molar-refractivity contribution in [2.75, 3.05) is 11.9 Å². The van der Waals surface area contributed by atoms with Gasteiger partial charge in [0.25, 0.3) is 0 Å². The smallest absolute Gasteiger partial charge is 0.248 e. The third kappa shape index (κ3) is 4.56. The molecular formula is C24H21BrN2O3. The van der Waals surface area contributed by atoms with E-state index in [-0.39, 0.29) is 5.56 Å². The molecule has 3 N–H and O–H groups in total. The van der Waals surface area contributed by atoms with E-state index in [9.17, 15) is 9.90 Å². The van der Waals surface area contributed by atoms with Gasteiger partial charge in [0.05, 0.1) is 11.6 Å². The van der Waals surface area contributed by atoms with Crippen molar-refractivity contribution in [2.24, 2.45) is 0 Å². The minimum absolute atomic E-state index is 0.218. The van der Waals surface area contributed by atoms with Gasteiger partial charge in [0, 0.05) is 28.2 Å². The fourth-order valence-corrected chi connectivity index (χ4v) is 3.74. The summed E-state index contributed by atoms with van der Waals surface area (Å²) in [5.41, 5.74) is 3.01. The number of fused-ring (bicyclic) bond motifs is 1. The molecule has 4 aromatic rings. The van der Waals surface area contributed by atoms with Gasteiger partial charge >= 0.3 is 0 Å². The number of aromatic nitrogens is 1. The highest BCUT2D eigenvalue weighted by Gasteiger charge is 2.15. The SMILES string of the molecule is O=c1ccc2c(C(O)CNc3ccccc3Br)ccc(OCc3ccccc3)c2[nH]1. The van der Waals surface area contributed by atoms with Gasteiger partial charge in [-0.05, 0) is 51.3 Å². The Balaban J connectivity index is 1.59. The molecule has 0 aliphatic rings. The van der Waals surface area contributed by atoms with Crippen molar-refractivity contribution in [1.82, 2.24) is 4.98 Å². The molecule has 0 bridgehead atoms. The van der Waals surface area contributed by atoms with Gasteiger partial charge in [-0.2, -0.15) is 0 Å². The highest BCUT2D eigenvalue weighted by molar-refractivity contribution is 9.10. The van der Waals surface area contributed by atoms with Crippen molar-refractivity contribution in [3.8, 4) is 5.75 Å². The van der Waals surface area contributed by atoms with Gasteiger partial charge in [0.2, 0.25) is 5.56 Å². The van der Waals surface area contributed by atoms with Gasteiger partial charge in [0.15, 0.2) is 0 Å². The van der Waals surface area contributed by atoms with Crippen LogP contribution in [-0.4, -0.2) is 16.6 Å². The number of halogens is 1. The van der Waals surface area contributed by atoms with Crippen LogP contribution in [-0.2, 0) is 6.61 Å². The second-order valence-electron chi connectivity index (χ2n) is 6.92. The lowest BCUT2D eigenvalue weighted by Gasteiger charge is -2.18. The number of pyridine rings is 1. The van der Waals surface area contributed by atoms with Crippen LogP contribution in [0.2, 0.25) is 0 Å². The molecule has 0 radical (unpaired) electrons.